The number of hydrogen-bond donors (Lipinski definition) is 2. The summed E-state index contributed by atoms with van der Waals surface area (Å²) in [6.07, 6.45) is 10.1. The first-order valence-corrected chi connectivity index (χ1v) is 11.2. The first-order chi connectivity index (χ1) is 13.5. The Morgan fingerprint density at radius 1 is 1.29 bits per heavy atom. The number of likely N-dealkylation sites (tertiary alicyclic amines) is 1. The predicted molar refractivity (Wildman–Crippen MR) is 114 cm³/mol. The van der Waals surface area contributed by atoms with Gasteiger partial charge in [0.2, 0.25) is 11.8 Å². The number of thiazole rings is 1. The van der Waals surface area contributed by atoms with Crippen LogP contribution < -0.4 is 10.6 Å². The van der Waals surface area contributed by atoms with Crippen molar-refractivity contribution in [3.05, 3.63) is 22.2 Å². The summed E-state index contributed by atoms with van der Waals surface area (Å²) in [5.41, 5.74) is 2.44. The summed E-state index contributed by atoms with van der Waals surface area (Å²) in [6.45, 7) is 6.50. The van der Waals surface area contributed by atoms with Gasteiger partial charge in [0.1, 0.15) is 0 Å². The maximum atomic E-state index is 12.5. The molecule has 1 unspecified atom stereocenters. The number of carbonyl (C=O) groups is 2. The summed E-state index contributed by atoms with van der Waals surface area (Å²) in [7, 11) is 0. The van der Waals surface area contributed by atoms with Crippen LogP contribution in [-0.2, 0) is 9.59 Å². The molecule has 7 heteroatoms. The fraction of sp³-hybridized carbons (Fsp3) is 0.667. The Balaban J connectivity index is 1.40. The second-order valence-electron chi connectivity index (χ2n) is 7.93. The SMILES string of the molecule is Cc1nc(NC(=O)CN2CCCC(C(=O)NCCC3=CCCCC3)C2)sc1C. The molecular weight excluding hydrogens is 372 g/mol. The molecule has 2 amide bonds. The Morgan fingerprint density at radius 2 is 2.14 bits per heavy atom. The second-order valence-corrected chi connectivity index (χ2v) is 9.14. The molecule has 6 nitrogen and oxygen atoms in total. The van der Waals surface area contributed by atoms with E-state index in [-0.39, 0.29) is 17.7 Å². The summed E-state index contributed by atoms with van der Waals surface area (Å²) in [5.74, 6) is 0.0537. The zero-order valence-corrected chi connectivity index (χ0v) is 17.9. The molecule has 0 spiro atoms. The third-order valence-electron chi connectivity index (χ3n) is 5.65. The first kappa shape index (κ1) is 21.0. The van der Waals surface area contributed by atoms with Crippen LogP contribution in [0.25, 0.3) is 0 Å². The highest BCUT2D eigenvalue weighted by Crippen LogP contribution is 2.22. The summed E-state index contributed by atoms with van der Waals surface area (Å²) in [6, 6.07) is 0. The van der Waals surface area contributed by atoms with Gasteiger partial charge in [-0.1, -0.05) is 11.6 Å². The highest BCUT2D eigenvalue weighted by Gasteiger charge is 2.26. The molecule has 0 saturated carbocycles. The molecule has 1 aromatic rings. The van der Waals surface area contributed by atoms with Crippen LogP contribution in [0.3, 0.4) is 0 Å². The fourth-order valence-corrected chi connectivity index (χ4v) is 4.75. The molecular formula is C21H32N4O2S. The largest absolute Gasteiger partial charge is 0.356 e. The van der Waals surface area contributed by atoms with Crippen molar-refractivity contribution in [2.24, 2.45) is 5.92 Å². The van der Waals surface area contributed by atoms with Crippen LogP contribution >= 0.6 is 11.3 Å². The van der Waals surface area contributed by atoms with E-state index in [0.29, 0.717) is 18.2 Å². The topological polar surface area (TPSA) is 74.3 Å². The van der Waals surface area contributed by atoms with Crippen molar-refractivity contribution in [2.45, 2.75) is 58.8 Å². The standard InChI is InChI=1S/C21H32N4O2S/c1-15-16(2)28-21(23-15)24-19(26)14-25-12-6-9-18(13-25)20(27)22-11-10-17-7-4-3-5-8-17/h7,18H,3-6,8-14H2,1-2H3,(H,22,27)(H,23,24,26). The second kappa shape index (κ2) is 10.2. The Morgan fingerprint density at radius 3 is 2.86 bits per heavy atom. The van der Waals surface area contributed by atoms with Gasteiger partial charge in [-0.2, -0.15) is 0 Å². The fourth-order valence-electron chi connectivity index (χ4n) is 3.92. The van der Waals surface area contributed by atoms with E-state index >= 15 is 0 Å². The predicted octanol–water partition coefficient (Wildman–Crippen LogP) is 3.42. The summed E-state index contributed by atoms with van der Waals surface area (Å²) in [4.78, 5) is 32.4. The molecule has 2 aliphatic rings. The van der Waals surface area contributed by atoms with E-state index in [0.717, 1.165) is 42.9 Å². The normalized spacial score (nSPS) is 20.5. The van der Waals surface area contributed by atoms with E-state index in [1.54, 1.807) is 0 Å². The number of nitrogens with zero attached hydrogens (tertiary/aromatic N) is 2. The van der Waals surface area contributed by atoms with Crippen molar-refractivity contribution in [1.29, 1.82) is 0 Å². The molecule has 1 aliphatic carbocycles. The van der Waals surface area contributed by atoms with Gasteiger partial charge in [0, 0.05) is 18.0 Å². The van der Waals surface area contributed by atoms with Crippen molar-refractivity contribution < 1.29 is 9.59 Å². The number of allylic oxidation sites excluding steroid dienone is 1. The molecule has 1 aliphatic heterocycles. The minimum absolute atomic E-state index is 0.0220. The summed E-state index contributed by atoms with van der Waals surface area (Å²) >= 11 is 1.50. The monoisotopic (exact) mass is 404 g/mol. The van der Waals surface area contributed by atoms with Crippen LogP contribution in [0.2, 0.25) is 0 Å². The average Bonchev–Trinajstić information content (AvgIpc) is 2.99. The molecule has 2 heterocycles. The van der Waals surface area contributed by atoms with Gasteiger partial charge in [-0.15, -0.1) is 11.3 Å². The van der Waals surface area contributed by atoms with Crippen LogP contribution in [-0.4, -0.2) is 47.9 Å². The highest BCUT2D eigenvalue weighted by atomic mass is 32.1. The number of hydrogen-bond acceptors (Lipinski definition) is 5. The molecule has 3 rings (SSSR count). The van der Waals surface area contributed by atoms with E-state index in [4.69, 9.17) is 0 Å². The van der Waals surface area contributed by atoms with Crippen molar-refractivity contribution in [2.75, 3.05) is 31.5 Å². The maximum Gasteiger partial charge on any atom is 0.240 e. The maximum absolute atomic E-state index is 12.5. The number of aromatic nitrogens is 1. The number of rotatable bonds is 7. The third kappa shape index (κ3) is 6.14. The van der Waals surface area contributed by atoms with E-state index in [2.05, 4.69) is 26.6 Å². The summed E-state index contributed by atoms with van der Waals surface area (Å²) < 4.78 is 0. The van der Waals surface area contributed by atoms with Crippen LogP contribution in [0.1, 0.15) is 55.5 Å². The molecule has 0 bridgehead atoms. The zero-order chi connectivity index (χ0) is 19.9. The van der Waals surface area contributed by atoms with Crippen molar-refractivity contribution in [1.82, 2.24) is 15.2 Å². The number of carbonyl (C=O) groups excluding carboxylic acids is 2. The van der Waals surface area contributed by atoms with Gasteiger partial charge in [-0.3, -0.25) is 14.5 Å². The van der Waals surface area contributed by atoms with Gasteiger partial charge in [0.25, 0.3) is 0 Å². The van der Waals surface area contributed by atoms with Gasteiger partial charge in [-0.25, -0.2) is 4.98 Å². The quantitative estimate of drug-likeness (QED) is 0.683. The number of aryl methyl sites for hydroxylation is 2. The Labute approximate surface area is 171 Å². The van der Waals surface area contributed by atoms with E-state index in [9.17, 15) is 9.59 Å². The molecule has 1 saturated heterocycles. The molecule has 28 heavy (non-hydrogen) atoms. The molecule has 154 valence electrons. The van der Waals surface area contributed by atoms with Crippen LogP contribution in [0.5, 0.6) is 0 Å². The van der Waals surface area contributed by atoms with Gasteiger partial charge in [0.05, 0.1) is 18.2 Å². The van der Waals surface area contributed by atoms with Crippen molar-refractivity contribution in [3.63, 3.8) is 0 Å². The number of amides is 2. The van der Waals surface area contributed by atoms with E-state index in [1.165, 1.54) is 42.6 Å². The van der Waals surface area contributed by atoms with Crippen LogP contribution in [0, 0.1) is 19.8 Å². The highest BCUT2D eigenvalue weighted by molar-refractivity contribution is 7.15. The number of piperidine rings is 1. The van der Waals surface area contributed by atoms with Gasteiger partial charge < -0.3 is 10.6 Å². The lowest BCUT2D eigenvalue weighted by atomic mass is 9.96. The Kier molecular flexibility index (Phi) is 7.62. The van der Waals surface area contributed by atoms with Crippen LogP contribution in [0.15, 0.2) is 11.6 Å². The zero-order valence-electron chi connectivity index (χ0n) is 17.1. The minimum atomic E-state index is -0.0564. The lowest BCUT2D eigenvalue weighted by Crippen LogP contribution is -2.45. The molecule has 0 radical (unpaired) electrons. The van der Waals surface area contributed by atoms with Gasteiger partial charge in [-0.05, 0) is 65.3 Å². The molecule has 0 aromatic carbocycles. The van der Waals surface area contributed by atoms with Crippen molar-refractivity contribution in [3.8, 4) is 0 Å². The molecule has 2 N–H and O–H groups in total. The van der Waals surface area contributed by atoms with Crippen LogP contribution in [0.4, 0.5) is 5.13 Å². The summed E-state index contributed by atoms with van der Waals surface area (Å²) in [5, 5.41) is 6.65. The third-order valence-corrected chi connectivity index (χ3v) is 6.64. The Bertz CT molecular complexity index is 708. The smallest absolute Gasteiger partial charge is 0.240 e. The van der Waals surface area contributed by atoms with Crippen molar-refractivity contribution >= 4 is 28.3 Å². The molecule has 1 atom stereocenters. The van der Waals surface area contributed by atoms with E-state index < -0.39 is 0 Å². The Hall–Kier alpha value is -1.73. The lowest BCUT2D eigenvalue weighted by Gasteiger charge is -2.31. The van der Waals surface area contributed by atoms with E-state index in [1.807, 2.05) is 13.8 Å². The van der Waals surface area contributed by atoms with Gasteiger partial charge >= 0.3 is 0 Å². The van der Waals surface area contributed by atoms with Gasteiger partial charge in [0.15, 0.2) is 5.13 Å². The lowest BCUT2D eigenvalue weighted by molar-refractivity contribution is -0.127. The number of nitrogens with one attached hydrogen (secondary N) is 2. The average molecular weight is 405 g/mol. The molecule has 1 aromatic heterocycles. The first-order valence-electron chi connectivity index (χ1n) is 10.4. The minimum Gasteiger partial charge on any atom is -0.356 e. The number of anilines is 1. The molecule has 1 fully saturated rings.